The third-order valence-electron chi connectivity index (χ3n) is 8.12. The number of rotatable bonds is 7. The third kappa shape index (κ3) is 9.78. The van der Waals surface area contributed by atoms with E-state index in [1.165, 1.54) is 0 Å². The van der Waals surface area contributed by atoms with Crippen LogP contribution in [-0.4, -0.2) is 159 Å². The lowest BCUT2D eigenvalue weighted by atomic mass is 10.0. The molecule has 20 heteroatoms. The van der Waals surface area contributed by atoms with E-state index < -0.39 is 116 Å². The minimum atomic E-state index is -1.62. The maximum absolute atomic E-state index is 13.6. The van der Waals surface area contributed by atoms with Crippen molar-refractivity contribution in [1.29, 1.82) is 0 Å². The van der Waals surface area contributed by atoms with E-state index >= 15 is 0 Å². The summed E-state index contributed by atoms with van der Waals surface area (Å²) < 4.78 is 0. The Morgan fingerprint density at radius 3 is 1.91 bits per heavy atom. The monoisotopic (exact) mass is 672 g/mol. The van der Waals surface area contributed by atoms with E-state index in [2.05, 4.69) is 31.9 Å². The number of carbonyl (C=O) groups excluding carboxylic acids is 7. The second-order valence-corrected chi connectivity index (χ2v) is 11.8. The summed E-state index contributed by atoms with van der Waals surface area (Å²) >= 11 is 0. The Labute approximate surface area is 269 Å². The van der Waals surface area contributed by atoms with E-state index in [1.807, 2.05) is 0 Å². The molecule has 47 heavy (non-hydrogen) atoms. The van der Waals surface area contributed by atoms with Crippen molar-refractivity contribution < 1.29 is 59.1 Å². The number of aliphatic hydroxyl groups is 5. The number of hydrogen-bond acceptors (Lipinski definition) is 13. The Balaban J connectivity index is 1.91. The Morgan fingerprint density at radius 2 is 1.34 bits per heavy atom. The summed E-state index contributed by atoms with van der Waals surface area (Å²) in [5, 5.41) is 64.0. The van der Waals surface area contributed by atoms with Gasteiger partial charge >= 0.3 is 0 Å². The number of nitrogens with zero attached hydrogens (tertiary/aromatic N) is 1. The molecular weight excluding hydrogens is 628 g/mol. The molecule has 2 heterocycles. The second kappa shape index (κ2) is 16.7. The Kier molecular flexibility index (Phi) is 13.4. The normalized spacial score (nSPS) is 30.4. The molecule has 0 aromatic heterocycles. The van der Waals surface area contributed by atoms with Gasteiger partial charge in [0.25, 0.3) is 0 Å². The topological polar surface area (TPSA) is 322 Å². The van der Waals surface area contributed by atoms with Crippen molar-refractivity contribution in [2.75, 3.05) is 39.5 Å². The van der Waals surface area contributed by atoms with Gasteiger partial charge in [-0.1, -0.05) is 0 Å². The summed E-state index contributed by atoms with van der Waals surface area (Å²) in [6.45, 7) is -3.30. The first-order valence-electron chi connectivity index (χ1n) is 15.3. The van der Waals surface area contributed by atoms with E-state index in [4.69, 9.17) is 5.73 Å². The van der Waals surface area contributed by atoms with E-state index in [0.717, 1.165) is 4.90 Å². The number of nitrogens with two attached hydrogens (primary N) is 1. The van der Waals surface area contributed by atoms with Crippen molar-refractivity contribution in [3.63, 3.8) is 0 Å². The van der Waals surface area contributed by atoms with E-state index in [1.54, 1.807) is 0 Å². The highest BCUT2D eigenvalue weighted by Crippen LogP contribution is 2.39. The van der Waals surface area contributed by atoms with Crippen molar-refractivity contribution in [2.24, 2.45) is 5.73 Å². The van der Waals surface area contributed by atoms with Crippen LogP contribution >= 0.6 is 0 Å². The second-order valence-electron chi connectivity index (χ2n) is 11.8. The van der Waals surface area contributed by atoms with Crippen molar-refractivity contribution in [2.45, 2.75) is 86.5 Å². The predicted octanol–water partition coefficient (Wildman–Crippen LogP) is -7.87. The van der Waals surface area contributed by atoms with Gasteiger partial charge in [0.05, 0.1) is 32.0 Å². The first-order chi connectivity index (χ1) is 22.3. The average molecular weight is 673 g/mol. The molecule has 0 aromatic rings. The van der Waals surface area contributed by atoms with Crippen LogP contribution in [0.5, 0.6) is 0 Å². The molecule has 3 fully saturated rings. The number of amides is 7. The van der Waals surface area contributed by atoms with Crippen molar-refractivity contribution >= 4 is 41.4 Å². The van der Waals surface area contributed by atoms with E-state index in [-0.39, 0.29) is 51.7 Å². The van der Waals surface area contributed by atoms with Crippen LogP contribution in [0.3, 0.4) is 0 Å². The fourth-order valence-corrected chi connectivity index (χ4v) is 5.30. The SMILES string of the molecule is NCC[C@H](O)C[C@@H]1NC(=O)[C@H](CO)NC(=O)[C@@H]2C[C@H](O)CN2C(=O)C2(CC2)NC(=O)C(CO)NC(=O)C(CO)NC(=O)CCNC1=O. The Morgan fingerprint density at radius 1 is 0.787 bits per heavy atom. The predicted molar refractivity (Wildman–Crippen MR) is 157 cm³/mol. The first kappa shape index (κ1) is 37.5. The van der Waals surface area contributed by atoms with Crippen LogP contribution in [0.4, 0.5) is 0 Å². The summed E-state index contributed by atoms with van der Waals surface area (Å²) in [5.74, 6) is -6.33. The maximum Gasteiger partial charge on any atom is 0.249 e. The van der Waals surface area contributed by atoms with Crippen LogP contribution in [0.25, 0.3) is 0 Å². The summed E-state index contributed by atoms with van der Waals surface area (Å²) in [4.78, 5) is 92.3. The number of hydrogen-bond donors (Lipinski definition) is 12. The maximum atomic E-state index is 13.6. The minimum absolute atomic E-state index is 0.0605. The molecule has 7 atom stereocenters. The van der Waals surface area contributed by atoms with Crippen LogP contribution in [0, 0.1) is 0 Å². The molecule has 2 unspecified atom stereocenters. The van der Waals surface area contributed by atoms with Gasteiger partial charge in [0.1, 0.15) is 35.7 Å². The highest BCUT2D eigenvalue weighted by Gasteiger charge is 2.56. The minimum Gasteiger partial charge on any atom is -0.394 e. The molecule has 0 bridgehead atoms. The van der Waals surface area contributed by atoms with Crippen LogP contribution in [0.2, 0.25) is 0 Å². The average Bonchev–Trinajstić information content (AvgIpc) is 3.70. The van der Waals surface area contributed by atoms with Crippen molar-refractivity contribution in [3.8, 4) is 0 Å². The Bertz CT molecular complexity index is 1200. The van der Waals surface area contributed by atoms with Gasteiger partial charge in [-0.3, -0.25) is 33.6 Å². The zero-order valence-electron chi connectivity index (χ0n) is 25.6. The molecule has 1 spiro atoms. The standard InChI is InChI=1S/C27H44N8O12/c28-5-1-13(39)7-15-21(42)29-6-2-20(41)30-16(10-36)22(43)32-18(12-38)24(45)34-27(3-4-27)26(47)35-9-14(40)8-19(35)25(46)33-17(11-37)23(44)31-15/h13-19,36-40H,1-12,28H2,(H,29,42)(H,30,41)(H,31,44)(H,32,43)(H,33,46)(H,34,45)/t13-,14-,15-,16?,17-,18?,19-/m0/s1. The highest BCUT2D eigenvalue weighted by molar-refractivity contribution is 6.00. The number of carbonyl (C=O) groups is 7. The van der Waals surface area contributed by atoms with Gasteiger partial charge in [-0.2, -0.15) is 0 Å². The molecule has 1 saturated carbocycles. The molecule has 264 valence electrons. The van der Waals surface area contributed by atoms with Crippen molar-refractivity contribution in [3.05, 3.63) is 0 Å². The third-order valence-corrected chi connectivity index (χ3v) is 8.12. The van der Waals surface area contributed by atoms with Gasteiger partial charge in [0, 0.05) is 32.4 Å². The highest BCUT2D eigenvalue weighted by atomic mass is 16.3. The van der Waals surface area contributed by atoms with Gasteiger partial charge in [0.2, 0.25) is 41.4 Å². The molecule has 2 saturated heterocycles. The lowest BCUT2D eigenvalue weighted by Crippen LogP contribution is -2.61. The van der Waals surface area contributed by atoms with Gasteiger partial charge in [-0.05, 0) is 25.8 Å². The molecule has 1 aliphatic carbocycles. The molecule has 7 amide bonds. The Hall–Kier alpha value is -3.95. The van der Waals surface area contributed by atoms with Gasteiger partial charge in [-0.15, -0.1) is 0 Å². The number of aliphatic hydroxyl groups excluding tert-OH is 5. The molecule has 3 aliphatic rings. The largest absolute Gasteiger partial charge is 0.394 e. The lowest BCUT2D eigenvalue weighted by molar-refractivity contribution is -0.144. The summed E-state index contributed by atoms with van der Waals surface area (Å²) in [7, 11) is 0. The fourth-order valence-electron chi connectivity index (χ4n) is 5.30. The molecule has 0 radical (unpaired) electrons. The number of fused-ring (bicyclic) bond motifs is 1. The molecule has 0 aromatic carbocycles. The van der Waals surface area contributed by atoms with Crippen LogP contribution in [0.1, 0.15) is 38.5 Å². The zero-order chi connectivity index (χ0) is 34.9. The van der Waals surface area contributed by atoms with Gasteiger partial charge in [0.15, 0.2) is 0 Å². The fraction of sp³-hybridized carbons (Fsp3) is 0.741. The van der Waals surface area contributed by atoms with Crippen LogP contribution in [0.15, 0.2) is 0 Å². The lowest BCUT2D eigenvalue weighted by Gasteiger charge is -2.30. The van der Waals surface area contributed by atoms with Gasteiger partial charge < -0.3 is 68.1 Å². The molecule has 20 nitrogen and oxygen atoms in total. The van der Waals surface area contributed by atoms with Gasteiger partial charge in [-0.25, -0.2) is 0 Å². The molecular formula is C27H44N8O12. The molecule has 2 aliphatic heterocycles. The summed E-state index contributed by atoms with van der Waals surface area (Å²) in [5.41, 5.74) is 3.94. The van der Waals surface area contributed by atoms with E-state index in [9.17, 15) is 59.1 Å². The quantitative estimate of drug-likeness (QED) is 0.120. The molecule has 3 rings (SSSR count). The van der Waals surface area contributed by atoms with Crippen molar-refractivity contribution in [1.82, 2.24) is 36.8 Å². The van der Waals surface area contributed by atoms with Crippen LogP contribution < -0.4 is 37.6 Å². The number of nitrogens with one attached hydrogen (secondary N) is 6. The smallest absolute Gasteiger partial charge is 0.249 e. The summed E-state index contributed by atoms with van der Waals surface area (Å²) in [6, 6.07) is -7.52. The molecule has 13 N–H and O–H groups in total. The summed E-state index contributed by atoms with van der Waals surface area (Å²) in [6.07, 6.45) is -2.93. The van der Waals surface area contributed by atoms with Crippen LogP contribution in [-0.2, 0) is 33.6 Å². The first-order valence-corrected chi connectivity index (χ1v) is 15.3. The van der Waals surface area contributed by atoms with E-state index in [0.29, 0.717) is 0 Å². The zero-order valence-corrected chi connectivity index (χ0v) is 25.6.